The van der Waals surface area contributed by atoms with Crippen LogP contribution in [0.4, 0.5) is 0 Å². The highest BCUT2D eigenvalue weighted by atomic mass is 16.5. The number of rotatable bonds is 5. The summed E-state index contributed by atoms with van der Waals surface area (Å²) in [7, 11) is 1.39. The summed E-state index contributed by atoms with van der Waals surface area (Å²) < 4.78 is 4.80. The number of esters is 1. The molecule has 0 aromatic rings. The van der Waals surface area contributed by atoms with Crippen molar-refractivity contribution in [2.24, 2.45) is 17.8 Å². The SMILES string of the molecule is CCC(O)(C1CC1)C(C(=O)OC)C(C)C. The number of ether oxygens (including phenoxy) is 1. The van der Waals surface area contributed by atoms with Crippen LogP contribution >= 0.6 is 0 Å². The summed E-state index contributed by atoms with van der Waals surface area (Å²) in [4.78, 5) is 11.7. The second-order valence-electron chi connectivity index (χ2n) is 4.86. The summed E-state index contributed by atoms with van der Waals surface area (Å²) in [6.07, 6.45) is 2.69. The van der Waals surface area contributed by atoms with Gasteiger partial charge in [0.2, 0.25) is 0 Å². The van der Waals surface area contributed by atoms with Gasteiger partial charge in [-0.2, -0.15) is 0 Å². The molecule has 2 atom stereocenters. The lowest BCUT2D eigenvalue weighted by Gasteiger charge is -2.36. The molecule has 0 spiro atoms. The number of aliphatic hydroxyl groups is 1. The second kappa shape index (κ2) is 4.52. The fraction of sp³-hybridized carbons (Fsp3) is 0.917. The van der Waals surface area contributed by atoms with E-state index in [1.165, 1.54) is 7.11 Å². The van der Waals surface area contributed by atoms with Crippen LogP contribution in [-0.4, -0.2) is 23.8 Å². The van der Waals surface area contributed by atoms with Gasteiger partial charge >= 0.3 is 5.97 Å². The zero-order valence-corrected chi connectivity index (χ0v) is 10.1. The molecule has 1 rings (SSSR count). The van der Waals surface area contributed by atoms with Crippen molar-refractivity contribution in [3.8, 4) is 0 Å². The largest absolute Gasteiger partial charge is 0.469 e. The first-order valence-corrected chi connectivity index (χ1v) is 5.77. The fourth-order valence-electron chi connectivity index (χ4n) is 2.53. The van der Waals surface area contributed by atoms with Crippen LogP contribution in [0.5, 0.6) is 0 Å². The molecule has 1 aliphatic rings. The first kappa shape index (κ1) is 12.5. The Bertz CT molecular complexity index is 233. The van der Waals surface area contributed by atoms with E-state index in [0.29, 0.717) is 6.42 Å². The highest BCUT2D eigenvalue weighted by Gasteiger charge is 2.52. The summed E-state index contributed by atoms with van der Waals surface area (Å²) in [6, 6.07) is 0. The van der Waals surface area contributed by atoms with Crippen LogP contribution in [0.2, 0.25) is 0 Å². The maximum absolute atomic E-state index is 11.7. The minimum Gasteiger partial charge on any atom is -0.469 e. The van der Waals surface area contributed by atoms with Crippen LogP contribution in [0.25, 0.3) is 0 Å². The van der Waals surface area contributed by atoms with Crippen molar-refractivity contribution in [3.63, 3.8) is 0 Å². The van der Waals surface area contributed by atoms with Crippen LogP contribution in [0, 0.1) is 17.8 Å². The van der Waals surface area contributed by atoms with E-state index in [9.17, 15) is 9.90 Å². The third-order valence-electron chi connectivity index (χ3n) is 3.51. The van der Waals surface area contributed by atoms with E-state index in [0.717, 1.165) is 12.8 Å². The first-order chi connectivity index (χ1) is 6.97. The lowest BCUT2D eigenvalue weighted by atomic mass is 9.75. The van der Waals surface area contributed by atoms with Crippen molar-refractivity contribution < 1.29 is 14.6 Å². The van der Waals surface area contributed by atoms with Crippen LogP contribution in [0.15, 0.2) is 0 Å². The topological polar surface area (TPSA) is 46.5 Å². The quantitative estimate of drug-likeness (QED) is 0.712. The average molecular weight is 214 g/mol. The van der Waals surface area contributed by atoms with Crippen molar-refractivity contribution >= 4 is 5.97 Å². The zero-order valence-electron chi connectivity index (χ0n) is 10.1. The van der Waals surface area contributed by atoms with Crippen LogP contribution in [0.1, 0.15) is 40.0 Å². The summed E-state index contributed by atoms with van der Waals surface area (Å²) >= 11 is 0. The molecule has 3 nitrogen and oxygen atoms in total. The predicted octanol–water partition coefficient (Wildman–Crippen LogP) is 1.98. The zero-order chi connectivity index (χ0) is 11.6. The Morgan fingerprint density at radius 2 is 2.07 bits per heavy atom. The summed E-state index contributed by atoms with van der Waals surface area (Å²) in [5, 5.41) is 10.6. The molecular formula is C12H22O3. The van der Waals surface area contributed by atoms with E-state index in [1.807, 2.05) is 20.8 Å². The van der Waals surface area contributed by atoms with Crippen molar-refractivity contribution in [3.05, 3.63) is 0 Å². The maximum Gasteiger partial charge on any atom is 0.311 e. The molecular weight excluding hydrogens is 192 g/mol. The van der Waals surface area contributed by atoms with E-state index in [2.05, 4.69) is 0 Å². The van der Waals surface area contributed by atoms with E-state index in [1.54, 1.807) is 0 Å². The van der Waals surface area contributed by atoms with Crippen LogP contribution < -0.4 is 0 Å². The average Bonchev–Trinajstić information content (AvgIpc) is 3.00. The number of hydrogen-bond donors (Lipinski definition) is 1. The molecule has 2 unspecified atom stereocenters. The molecule has 0 aromatic heterocycles. The van der Waals surface area contributed by atoms with Gasteiger partial charge < -0.3 is 9.84 Å². The molecule has 0 aliphatic heterocycles. The standard InChI is InChI=1S/C12H22O3/c1-5-12(14,9-6-7-9)10(8(2)3)11(13)15-4/h8-10,14H,5-7H2,1-4H3. The van der Waals surface area contributed by atoms with Crippen molar-refractivity contribution in [2.45, 2.75) is 45.6 Å². The molecule has 0 amide bonds. The van der Waals surface area contributed by atoms with E-state index < -0.39 is 5.60 Å². The molecule has 0 saturated heterocycles. The van der Waals surface area contributed by atoms with Gasteiger partial charge in [0.25, 0.3) is 0 Å². The Balaban J connectivity index is 2.89. The molecule has 0 aromatic carbocycles. The van der Waals surface area contributed by atoms with Crippen molar-refractivity contribution in [2.75, 3.05) is 7.11 Å². The minimum atomic E-state index is -0.860. The monoisotopic (exact) mass is 214 g/mol. The lowest BCUT2D eigenvalue weighted by Crippen LogP contribution is -2.47. The fourth-order valence-corrected chi connectivity index (χ4v) is 2.53. The predicted molar refractivity (Wildman–Crippen MR) is 58.3 cm³/mol. The van der Waals surface area contributed by atoms with Gasteiger partial charge in [0.15, 0.2) is 0 Å². The Labute approximate surface area is 91.8 Å². The van der Waals surface area contributed by atoms with Crippen molar-refractivity contribution in [1.29, 1.82) is 0 Å². The molecule has 0 heterocycles. The van der Waals surface area contributed by atoms with Crippen LogP contribution in [-0.2, 0) is 9.53 Å². The molecule has 0 radical (unpaired) electrons. The van der Waals surface area contributed by atoms with Gasteiger partial charge in [0, 0.05) is 0 Å². The molecule has 1 fully saturated rings. The van der Waals surface area contributed by atoms with Crippen LogP contribution in [0.3, 0.4) is 0 Å². The van der Waals surface area contributed by atoms with Gasteiger partial charge in [-0.3, -0.25) is 4.79 Å². The summed E-state index contributed by atoms with van der Waals surface area (Å²) in [6.45, 7) is 5.87. The molecule has 0 bridgehead atoms. The molecule has 1 saturated carbocycles. The minimum absolute atomic E-state index is 0.114. The number of carbonyl (C=O) groups excluding carboxylic acids is 1. The molecule has 15 heavy (non-hydrogen) atoms. The molecule has 1 N–H and O–H groups in total. The van der Waals surface area contributed by atoms with Gasteiger partial charge in [-0.15, -0.1) is 0 Å². The summed E-state index contributed by atoms with van der Waals surface area (Å²) in [5.74, 6) is -0.266. The Kier molecular flexibility index (Phi) is 3.77. The normalized spacial score (nSPS) is 22.3. The highest BCUT2D eigenvalue weighted by molar-refractivity contribution is 5.74. The number of carbonyl (C=O) groups is 1. The Morgan fingerprint density at radius 3 is 2.33 bits per heavy atom. The van der Waals surface area contributed by atoms with Gasteiger partial charge in [-0.05, 0) is 31.1 Å². The second-order valence-corrected chi connectivity index (χ2v) is 4.86. The van der Waals surface area contributed by atoms with Gasteiger partial charge in [-0.1, -0.05) is 20.8 Å². The maximum atomic E-state index is 11.7. The Hall–Kier alpha value is -0.570. The number of methoxy groups -OCH3 is 1. The Morgan fingerprint density at radius 1 is 1.53 bits per heavy atom. The van der Waals surface area contributed by atoms with Crippen molar-refractivity contribution in [1.82, 2.24) is 0 Å². The first-order valence-electron chi connectivity index (χ1n) is 5.77. The smallest absolute Gasteiger partial charge is 0.311 e. The summed E-state index contributed by atoms with van der Waals surface area (Å²) in [5.41, 5.74) is -0.860. The lowest BCUT2D eigenvalue weighted by molar-refractivity contribution is -0.162. The third kappa shape index (κ3) is 2.33. The third-order valence-corrected chi connectivity index (χ3v) is 3.51. The van der Waals surface area contributed by atoms with Gasteiger partial charge in [0.05, 0.1) is 18.6 Å². The molecule has 1 aliphatic carbocycles. The van der Waals surface area contributed by atoms with E-state index in [4.69, 9.17) is 4.74 Å². The highest BCUT2D eigenvalue weighted by Crippen LogP contribution is 2.47. The molecule has 3 heteroatoms. The van der Waals surface area contributed by atoms with E-state index in [-0.39, 0.29) is 23.7 Å². The van der Waals surface area contributed by atoms with Gasteiger partial charge in [0.1, 0.15) is 0 Å². The van der Waals surface area contributed by atoms with E-state index >= 15 is 0 Å². The van der Waals surface area contributed by atoms with Gasteiger partial charge in [-0.25, -0.2) is 0 Å². The number of hydrogen-bond acceptors (Lipinski definition) is 3. The molecule has 88 valence electrons.